The summed E-state index contributed by atoms with van der Waals surface area (Å²) in [4.78, 5) is 2.80. The molecule has 0 aromatic rings. The van der Waals surface area contributed by atoms with Crippen LogP contribution in [0.1, 0.15) is 79.1 Å². The highest BCUT2D eigenvalue weighted by molar-refractivity contribution is 4.94. The van der Waals surface area contributed by atoms with E-state index >= 15 is 0 Å². The SMILES string of the molecule is CC(C)CNCC1(CN2CCCC2(C)C)CCCCCC1. The summed E-state index contributed by atoms with van der Waals surface area (Å²) in [6.07, 6.45) is 11.4. The Bertz CT molecular complexity index is 301. The Morgan fingerprint density at radius 3 is 2.14 bits per heavy atom. The third-order valence-corrected chi connectivity index (χ3v) is 5.82. The van der Waals surface area contributed by atoms with Crippen molar-refractivity contribution in [3.8, 4) is 0 Å². The number of hydrogen-bond acceptors (Lipinski definition) is 2. The lowest BCUT2D eigenvalue weighted by Crippen LogP contribution is -2.49. The maximum Gasteiger partial charge on any atom is 0.0153 e. The fourth-order valence-corrected chi connectivity index (χ4v) is 4.36. The highest BCUT2D eigenvalue weighted by Gasteiger charge is 2.39. The van der Waals surface area contributed by atoms with Gasteiger partial charge in [-0.05, 0) is 64.0 Å². The monoisotopic (exact) mass is 294 g/mol. The molecule has 2 heteroatoms. The van der Waals surface area contributed by atoms with Crippen LogP contribution in [0.25, 0.3) is 0 Å². The molecule has 0 aromatic heterocycles. The zero-order valence-corrected chi connectivity index (χ0v) is 15.0. The summed E-state index contributed by atoms with van der Waals surface area (Å²) in [7, 11) is 0. The van der Waals surface area contributed by atoms with Gasteiger partial charge in [0, 0.05) is 18.6 Å². The van der Waals surface area contributed by atoms with Crippen LogP contribution in [-0.4, -0.2) is 36.6 Å². The van der Waals surface area contributed by atoms with Gasteiger partial charge in [-0.3, -0.25) is 4.90 Å². The van der Waals surface area contributed by atoms with Crippen molar-refractivity contribution in [3.63, 3.8) is 0 Å². The largest absolute Gasteiger partial charge is 0.316 e. The van der Waals surface area contributed by atoms with Crippen molar-refractivity contribution in [3.05, 3.63) is 0 Å². The predicted octanol–water partition coefficient (Wildman–Crippen LogP) is 4.45. The fraction of sp³-hybridized carbons (Fsp3) is 1.00. The van der Waals surface area contributed by atoms with E-state index in [-0.39, 0.29) is 0 Å². The summed E-state index contributed by atoms with van der Waals surface area (Å²) in [5.41, 5.74) is 0.963. The Balaban J connectivity index is 2.00. The van der Waals surface area contributed by atoms with Gasteiger partial charge in [0.25, 0.3) is 0 Å². The van der Waals surface area contributed by atoms with Gasteiger partial charge in [-0.1, -0.05) is 39.5 Å². The van der Waals surface area contributed by atoms with Crippen molar-refractivity contribution in [1.29, 1.82) is 0 Å². The molecule has 2 rings (SSSR count). The van der Waals surface area contributed by atoms with E-state index in [4.69, 9.17) is 0 Å². The molecule has 0 aromatic carbocycles. The summed E-state index contributed by atoms with van der Waals surface area (Å²) in [6, 6.07) is 0. The van der Waals surface area contributed by atoms with Gasteiger partial charge in [0.05, 0.1) is 0 Å². The van der Waals surface area contributed by atoms with E-state index in [0.717, 1.165) is 5.92 Å². The maximum atomic E-state index is 3.80. The second-order valence-electron chi connectivity index (χ2n) is 8.78. The molecule has 0 spiro atoms. The highest BCUT2D eigenvalue weighted by atomic mass is 15.2. The lowest BCUT2D eigenvalue weighted by Gasteiger charge is -2.42. The molecule has 0 atom stereocenters. The van der Waals surface area contributed by atoms with Crippen LogP contribution >= 0.6 is 0 Å². The molecule has 21 heavy (non-hydrogen) atoms. The van der Waals surface area contributed by atoms with Crippen molar-refractivity contribution in [1.82, 2.24) is 10.2 Å². The molecule has 1 saturated carbocycles. The number of nitrogens with one attached hydrogen (secondary N) is 1. The average Bonchev–Trinajstić information content (AvgIpc) is 2.62. The quantitative estimate of drug-likeness (QED) is 0.728. The number of rotatable bonds is 6. The van der Waals surface area contributed by atoms with Crippen LogP contribution in [-0.2, 0) is 0 Å². The van der Waals surface area contributed by atoms with E-state index < -0.39 is 0 Å². The fourth-order valence-electron chi connectivity index (χ4n) is 4.36. The number of likely N-dealkylation sites (tertiary alicyclic amines) is 1. The summed E-state index contributed by atoms with van der Waals surface area (Å²) >= 11 is 0. The van der Waals surface area contributed by atoms with Gasteiger partial charge in [0.15, 0.2) is 0 Å². The van der Waals surface area contributed by atoms with Crippen LogP contribution in [0.3, 0.4) is 0 Å². The molecule has 2 fully saturated rings. The van der Waals surface area contributed by atoms with Gasteiger partial charge in [-0.2, -0.15) is 0 Å². The van der Waals surface area contributed by atoms with Gasteiger partial charge in [0.1, 0.15) is 0 Å². The van der Waals surface area contributed by atoms with Gasteiger partial charge >= 0.3 is 0 Å². The Kier molecular flexibility index (Phi) is 6.14. The van der Waals surface area contributed by atoms with Gasteiger partial charge < -0.3 is 5.32 Å². The molecule has 1 saturated heterocycles. The van der Waals surface area contributed by atoms with Crippen molar-refractivity contribution < 1.29 is 0 Å². The zero-order chi connectivity index (χ0) is 15.3. The lowest BCUT2D eigenvalue weighted by molar-refractivity contribution is 0.0809. The lowest BCUT2D eigenvalue weighted by atomic mass is 9.78. The van der Waals surface area contributed by atoms with Crippen LogP contribution < -0.4 is 5.32 Å². The second kappa shape index (κ2) is 7.46. The van der Waals surface area contributed by atoms with Crippen molar-refractivity contribution in [2.75, 3.05) is 26.2 Å². The average molecular weight is 295 g/mol. The first-order valence-corrected chi connectivity index (χ1v) is 9.39. The molecule has 0 unspecified atom stereocenters. The molecule has 1 heterocycles. The highest BCUT2D eigenvalue weighted by Crippen LogP contribution is 2.39. The van der Waals surface area contributed by atoms with Crippen LogP contribution in [0.5, 0.6) is 0 Å². The summed E-state index contributed by atoms with van der Waals surface area (Å²) in [5.74, 6) is 0.760. The molecule has 1 N–H and O–H groups in total. The van der Waals surface area contributed by atoms with Crippen molar-refractivity contribution in [2.45, 2.75) is 84.6 Å². The molecule has 1 aliphatic carbocycles. The van der Waals surface area contributed by atoms with E-state index in [0.29, 0.717) is 11.0 Å². The molecule has 2 aliphatic rings. The van der Waals surface area contributed by atoms with Crippen molar-refractivity contribution >= 4 is 0 Å². The molecule has 1 aliphatic heterocycles. The molecule has 124 valence electrons. The first-order chi connectivity index (χ1) is 9.94. The van der Waals surface area contributed by atoms with Crippen LogP contribution in [0.4, 0.5) is 0 Å². The Morgan fingerprint density at radius 1 is 0.952 bits per heavy atom. The van der Waals surface area contributed by atoms with Gasteiger partial charge in [0.2, 0.25) is 0 Å². The molecule has 0 radical (unpaired) electrons. The first-order valence-electron chi connectivity index (χ1n) is 9.39. The Morgan fingerprint density at radius 2 is 1.62 bits per heavy atom. The minimum atomic E-state index is 0.428. The van der Waals surface area contributed by atoms with Crippen molar-refractivity contribution in [2.24, 2.45) is 11.3 Å². The zero-order valence-electron chi connectivity index (χ0n) is 15.0. The Hall–Kier alpha value is -0.0800. The normalized spacial score (nSPS) is 26.1. The molecule has 0 bridgehead atoms. The number of nitrogens with zero attached hydrogens (tertiary/aromatic N) is 1. The van der Waals surface area contributed by atoms with Gasteiger partial charge in [-0.25, -0.2) is 0 Å². The molecule has 0 amide bonds. The summed E-state index contributed by atoms with van der Waals surface area (Å²) < 4.78 is 0. The first kappa shape index (κ1) is 17.3. The summed E-state index contributed by atoms with van der Waals surface area (Å²) in [6.45, 7) is 14.6. The maximum absolute atomic E-state index is 3.80. The third kappa shape index (κ3) is 4.96. The predicted molar refractivity (Wildman–Crippen MR) is 92.7 cm³/mol. The van der Waals surface area contributed by atoms with E-state index in [1.165, 1.54) is 77.5 Å². The van der Waals surface area contributed by atoms with Crippen LogP contribution in [0.15, 0.2) is 0 Å². The van der Waals surface area contributed by atoms with E-state index in [1.807, 2.05) is 0 Å². The van der Waals surface area contributed by atoms with E-state index in [2.05, 4.69) is 37.9 Å². The molecule has 2 nitrogen and oxygen atoms in total. The Labute approximate surface area is 133 Å². The topological polar surface area (TPSA) is 15.3 Å². The molecular formula is C19H38N2. The van der Waals surface area contributed by atoms with Gasteiger partial charge in [-0.15, -0.1) is 0 Å². The minimum absolute atomic E-state index is 0.428. The summed E-state index contributed by atoms with van der Waals surface area (Å²) in [5, 5.41) is 3.80. The molecular weight excluding hydrogens is 256 g/mol. The smallest absolute Gasteiger partial charge is 0.0153 e. The minimum Gasteiger partial charge on any atom is -0.316 e. The second-order valence-corrected chi connectivity index (χ2v) is 8.78. The number of hydrogen-bond donors (Lipinski definition) is 1. The van der Waals surface area contributed by atoms with Crippen LogP contribution in [0.2, 0.25) is 0 Å². The van der Waals surface area contributed by atoms with Crippen LogP contribution in [0, 0.1) is 11.3 Å². The van der Waals surface area contributed by atoms with E-state index in [9.17, 15) is 0 Å². The third-order valence-electron chi connectivity index (χ3n) is 5.82. The standard InChI is InChI=1S/C19H38N2/c1-17(2)14-20-15-19(11-7-5-6-8-12-19)16-21-13-9-10-18(21,3)4/h17,20H,5-16H2,1-4H3. The van der Waals surface area contributed by atoms with E-state index in [1.54, 1.807) is 0 Å².